The van der Waals surface area contributed by atoms with E-state index < -0.39 is 45.5 Å². The van der Waals surface area contributed by atoms with Crippen LogP contribution in [0.15, 0.2) is 35.2 Å². The van der Waals surface area contributed by atoms with Gasteiger partial charge in [0.05, 0.1) is 16.7 Å². The van der Waals surface area contributed by atoms with E-state index in [1.54, 1.807) is 18.2 Å². The molecular weight excluding hydrogens is 316 g/mol. The highest BCUT2D eigenvalue weighted by atomic mass is 32.2. The highest BCUT2D eigenvalue weighted by Crippen LogP contribution is 2.48. The molecule has 2 saturated heterocycles. The molecule has 22 heavy (non-hydrogen) atoms. The zero-order valence-electron chi connectivity index (χ0n) is 11.6. The third-order valence-electron chi connectivity index (χ3n) is 4.48. The summed E-state index contributed by atoms with van der Waals surface area (Å²) in [6, 6.07) is 7.68. The number of halogens is 2. The van der Waals surface area contributed by atoms with Crippen molar-refractivity contribution >= 4 is 15.8 Å². The van der Waals surface area contributed by atoms with Gasteiger partial charge in [0.1, 0.15) is 5.54 Å². The fourth-order valence-electron chi connectivity index (χ4n) is 3.46. The van der Waals surface area contributed by atoms with Gasteiger partial charge >= 0.3 is 5.97 Å². The van der Waals surface area contributed by atoms with Gasteiger partial charge in [-0.15, -0.1) is 0 Å². The normalized spacial score (nSPS) is 31.1. The third-order valence-corrected chi connectivity index (χ3v) is 6.60. The summed E-state index contributed by atoms with van der Waals surface area (Å²) >= 11 is 0. The number of carbonyl (C=O) groups is 1. The number of rotatable bonds is 3. The van der Waals surface area contributed by atoms with Crippen LogP contribution in [0.3, 0.4) is 0 Å². The van der Waals surface area contributed by atoms with Crippen molar-refractivity contribution in [2.75, 3.05) is 13.1 Å². The van der Waals surface area contributed by atoms with Crippen LogP contribution in [0, 0.1) is 0 Å². The Hall–Kier alpha value is -1.54. The number of carboxylic acids is 1. The minimum absolute atomic E-state index is 0.0912. The molecule has 2 unspecified atom stereocenters. The molecule has 2 heterocycles. The lowest BCUT2D eigenvalue weighted by Crippen LogP contribution is -2.45. The number of fused-ring (bicyclic) bond motifs is 1. The number of carboxylic acid groups (broad SMARTS) is 1. The lowest BCUT2D eigenvalue weighted by atomic mass is 9.93. The number of nitrogens with zero attached hydrogens (tertiary/aromatic N) is 1. The molecule has 2 aliphatic heterocycles. The van der Waals surface area contributed by atoms with E-state index in [0.717, 1.165) is 4.90 Å². The van der Waals surface area contributed by atoms with Gasteiger partial charge in [0, 0.05) is 13.0 Å². The largest absolute Gasteiger partial charge is 0.480 e. The minimum atomic E-state index is -3.74. The zero-order chi connectivity index (χ0) is 16.2. The smallest absolute Gasteiger partial charge is 0.324 e. The standard InChI is InChI=1S/C14H15F2NO4S/c15-14(16)8-13(12(18)19)6-11(7-17(13)9-14)22(20,21)10-4-2-1-3-5-10/h1-5,11H,6-9H2,(H,18,19). The summed E-state index contributed by atoms with van der Waals surface area (Å²) in [6.45, 7) is -0.890. The van der Waals surface area contributed by atoms with E-state index in [1.807, 2.05) is 0 Å². The molecule has 0 spiro atoms. The highest BCUT2D eigenvalue weighted by Gasteiger charge is 2.64. The van der Waals surface area contributed by atoms with E-state index in [0.29, 0.717) is 0 Å². The highest BCUT2D eigenvalue weighted by molar-refractivity contribution is 7.92. The predicted octanol–water partition coefficient (Wildman–Crippen LogP) is 1.40. The van der Waals surface area contributed by atoms with Crippen LogP contribution < -0.4 is 0 Å². The molecule has 0 aromatic heterocycles. The van der Waals surface area contributed by atoms with Crippen molar-refractivity contribution in [3.8, 4) is 0 Å². The number of hydrogen-bond donors (Lipinski definition) is 1. The maximum absolute atomic E-state index is 13.6. The summed E-state index contributed by atoms with van der Waals surface area (Å²) in [7, 11) is -3.74. The van der Waals surface area contributed by atoms with Crippen molar-refractivity contribution in [3.05, 3.63) is 30.3 Å². The molecule has 0 amide bonds. The monoisotopic (exact) mass is 331 g/mol. The van der Waals surface area contributed by atoms with Gasteiger partial charge in [-0.2, -0.15) is 0 Å². The van der Waals surface area contributed by atoms with Crippen molar-refractivity contribution in [1.29, 1.82) is 0 Å². The summed E-state index contributed by atoms with van der Waals surface area (Å²) in [6.07, 6.45) is -1.15. The Morgan fingerprint density at radius 2 is 1.91 bits per heavy atom. The Morgan fingerprint density at radius 1 is 1.27 bits per heavy atom. The minimum Gasteiger partial charge on any atom is -0.480 e. The lowest BCUT2D eigenvalue weighted by molar-refractivity contribution is -0.148. The van der Waals surface area contributed by atoms with Gasteiger partial charge in [-0.3, -0.25) is 9.69 Å². The topological polar surface area (TPSA) is 74.7 Å². The summed E-state index contributed by atoms with van der Waals surface area (Å²) in [4.78, 5) is 12.7. The number of benzene rings is 1. The Balaban J connectivity index is 1.94. The molecule has 2 aliphatic rings. The van der Waals surface area contributed by atoms with E-state index in [1.165, 1.54) is 12.1 Å². The van der Waals surface area contributed by atoms with Crippen molar-refractivity contribution in [3.63, 3.8) is 0 Å². The molecule has 5 nitrogen and oxygen atoms in total. The first-order valence-corrected chi connectivity index (χ1v) is 8.37. The van der Waals surface area contributed by atoms with Gasteiger partial charge in [0.2, 0.25) is 0 Å². The van der Waals surface area contributed by atoms with Crippen LogP contribution >= 0.6 is 0 Å². The van der Waals surface area contributed by atoms with E-state index in [4.69, 9.17) is 0 Å². The Bertz CT molecular complexity index is 707. The van der Waals surface area contributed by atoms with Crippen LogP contribution in [0.1, 0.15) is 12.8 Å². The van der Waals surface area contributed by atoms with Crippen LogP contribution in [-0.4, -0.2) is 54.2 Å². The van der Waals surface area contributed by atoms with Crippen molar-refractivity contribution in [1.82, 2.24) is 4.90 Å². The maximum Gasteiger partial charge on any atom is 0.324 e. The Labute approximate surface area is 126 Å². The first-order chi connectivity index (χ1) is 10.2. The van der Waals surface area contributed by atoms with Crippen molar-refractivity contribution in [2.45, 2.75) is 34.4 Å². The van der Waals surface area contributed by atoms with Crippen LogP contribution in [0.25, 0.3) is 0 Å². The van der Waals surface area contributed by atoms with Gasteiger partial charge in [-0.05, 0) is 18.6 Å². The summed E-state index contributed by atoms with van der Waals surface area (Å²) in [5.41, 5.74) is -1.78. The van der Waals surface area contributed by atoms with Gasteiger partial charge in [0.25, 0.3) is 5.92 Å². The molecule has 1 aromatic carbocycles. The second kappa shape index (κ2) is 4.73. The van der Waals surface area contributed by atoms with Gasteiger partial charge in [-0.1, -0.05) is 18.2 Å². The first-order valence-electron chi connectivity index (χ1n) is 6.83. The van der Waals surface area contributed by atoms with Crippen LogP contribution in [0.2, 0.25) is 0 Å². The van der Waals surface area contributed by atoms with E-state index in [9.17, 15) is 27.1 Å². The number of hydrogen-bond acceptors (Lipinski definition) is 4. The third kappa shape index (κ3) is 2.21. The molecule has 1 aromatic rings. The van der Waals surface area contributed by atoms with Crippen LogP contribution in [0.4, 0.5) is 8.78 Å². The number of aliphatic carboxylic acids is 1. The van der Waals surface area contributed by atoms with Crippen LogP contribution in [-0.2, 0) is 14.6 Å². The van der Waals surface area contributed by atoms with Gasteiger partial charge in [-0.25, -0.2) is 17.2 Å². The van der Waals surface area contributed by atoms with E-state index in [2.05, 4.69) is 0 Å². The molecule has 120 valence electrons. The second-order valence-electron chi connectivity index (χ2n) is 5.93. The quantitative estimate of drug-likeness (QED) is 0.906. The molecule has 0 saturated carbocycles. The van der Waals surface area contributed by atoms with E-state index in [-0.39, 0.29) is 17.9 Å². The van der Waals surface area contributed by atoms with Crippen LogP contribution in [0.5, 0.6) is 0 Å². The molecular formula is C14H15F2NO4S. The Kier molecular flexibility index (Phi) is 3.30. The summed E-state index contributed by atoms with van der Waals surface area (Å²) in [5, 5.41) is 8.41. The van der Waals surface area contributed by atoms with Crippen molar-refractivity contribution < 1.29 is 27.1 Å². The summed E-state index contributed by atoms with van der Waals surface area (Å²) < 4.78 is 52.3. The fourth-order valence-corrected chi connectivity index (χ4v) is 5.26. The van der Waals surface area contributed by atoms with Gasteiger partial charge < -0.3 is 5.11 Å². The second-order valence-corrected chi connectivity index (χ2v) is 8.16. The number of sulfone groups is 1. The molecule has 2 fully saturated rings. The molecule has 8 heteroatoms. The molecule has 0 radical (unpaired) electrons. The van der Waals surface area contributed by atoms with Gasteiger partial charge in [0.15, 0.2) is 9.84 Å². The molecule has 1 N–H and O–H groups in total. The SMILES string of the molecule is O=C(O)C12CC(S(=O)(=O)c3ccccc3)CN1CC(F)(F)C2. The zero-order valence-corrected chi connectivity index (χ0v) is 12.4. The molecule has 2 atom stereocenters. The molecule has 3 rings (SSSR count). The average molecular weight is 331 g/mol. The lowest BCUT2D eigenvalue weighted by Gasteiger charge is -2.25. The Morgan fingerprint density at radius 3 is 2.45 bits per heavy atom. The molecule has 0 aliphatic carbocycles. The fraction of sp³-hybridized carbons (Fsp3) is 0.500. The van der Waals surface area contributed by atoms with E-state index >= 15 is 0 Å². The summed E-state index contributed by atoms with van der Waals surface area (Å²) in [5.74, 6) is -4.48. The average Bonchev–Trinajstić information content (AvgIpc) is 2.90. The number of alkyl halides is 2. The maximum atomic E-state index is 13.6. The van der Waals surface area contributed by atoms with Crippen molar-refractivity contribution in [2.24, 2.45) is 0 Å². The predicted molar refractivity (Wildman–Crippen MR) is 73.5 cm³/mol. The molecule has 0 bridgehead atoms. The first kappa shape index (κ1) is 15.4.